The highest BCUT2D eigenvalue weighted by Crippen LogP contribution is 2.44. The van der Waals surface area contributed by atoms with Crippen LogP contribution in [0.5, 0.6) is 11.5 Å². The van der Waals surface area contributed by atoms with E-state index in [2.05, 4.69) is 18.8 Å². The molecule has 1 aliphatic rings. The van der Waals surface area contributed by atoms with Gasteiger partial charge in [0.15, 0.2) is 22.1 Å². The van der Waals surface area contributed by atoms with Crippen LogP contribution in [0.3, 0.4) is 0 Å². The molecule has 5 rings (SSSR count). The third-order valence-electron chi connectivity index (χ3n) is 6.54. The van der Waals surface area contributed by atoms with Crippen molar-refractivity contribution in [3.05, 3.63) is 80.1 Å². The molecule has 2 aromatic heterocycles. The van der Waals surface area contributed by atoms with Gasteiger partial charge < -0.3 is 13.9 Å². The molecule has 0 saturated carbocycles. The summed E-state index contributed by atoms with van der Waals surface area (Å²) in [5.41, 5.74) is 2.04. The Bertz CT molecular complexity index is 1520. The molecule has 0 saturated heterocycles. The van der Waals surface area contributed by atoms with Gasteiger partial charge in [0.2, 0.25) is 5.76 Å². The maximum absolute atomic E-state index is 13.8. The van der Waals surface area contributed by atoms with E-state index in [1.54, 1.807) is 29.2 Å². The van der Waals surface area contributed by atoms with Crippen molar-refractivity contribution in [3.8, 4) is 11.5 Å². The van der Waals surface area contributed by atoms with E-state index in [9.17, 15) is 9.59 Å². The fourth-order valence-corrected chi connectivity index (χ4v) is 5.41. The second-order valence-electron chi connectivity index (χ2n) is 9.56. The predicted molar refractivity (Wildman–Crippen MR) is 145 cm³/mol. The van der Waals surface area contributed by atoms with Gasteiger partial charge in [-0.1, -0.05) is 32.0 Å². The first-order valence-corrected chi connectivity index (χ1v) is 13.3. The van der Waals surface area contributed by atoms with Gasteiger partial charge in [0.25, 0.3) is 5.91 Å². The number of rotatable bonds is 8. The van der Waals surface area contributed by atoms with Crippen molar-refractivity contribution in [3.63, 3.8) is 0 Å². The zero-order chi connectivity index (χ0) is 26.3. The number of hydrogen-bond donors (Lipinski definition) is 0. The molecule has 0 aliphatic carbocycles. The Morgan fingerprint density at radius 3 is 2.57 bits per heavy atom. The molecule has 4 aromatic rings. The SMILES string of the molecule is CCOc1cc([C@@H]2c3c(oc4ccccc4c3=O)C(=O)N2c2nc(C)c(C)s2)ccc1OCCC(C)C. The van der Waals surface area contributed by atoms with E-state index in [1.165, 1.54) is 11.3 Å². The number of thiazole rings is 1. The van der Waals surface area contributed by atoms with Crippen molar-refractivity contribution in [2.24, 2.45) is 5.92 Å². The Morgan fingerprint density at radius 1 is 1.08 bits per heavy atom. The summed E-state index contributed by atoms with van der Waals surface area (Å²) in [6, 6.07) is 11.9. The Morgan fingerprint density at radius 2 is 1.86 bits per heavy atom. The van der Waals surface area contributed by atoms with Gasteiger partial charge in [-0.05, 0) is 62.9 Å². The second-order valence-corrected chi connectivity index (χ2v) is 10.7. The van der Waals surface area contributed by atoms with Crippen LogP contribution in [0.25, 0.3) is 11.0 Å². The maximum atomic E-state index is 13.8. The van der Waals surface area contributed by atoms with Crippen LogP contribution in [0.1, 0.15) is 65.5 Å². The number of amides is 1. The molecule has 8 heteroatoms. The van der Waals surface area contributed by atoms with Gasteiger partial charge in [-0.15, -0.1) is 11.3 Å². The summed E-state index contributed by atoms with van der Waals surface area (Å²) in [7, 11) is 0. The molecule has 192 valence electrons. The molecule has 0 N–H and O–H groups in total. The highest BCUT2D eigenvalue weighted by Gasteiger charge is 2.45. The lowest BCUT2D eigenvalue weighted by atomic mass is 9.98. The van der Waals surface area contributed by atoms with Crippen molar-refractivity contribution in [1.82, 2.24) is 4.98 Å². The molecule has 1 atom stereocenters. The van der Waals surface area contributed by atoms with Crippen molar-refractivity contribution in [2.75, 3.05) is 18.1 Å². The smallest absolute Gasteiger partial charge is 0.297 e. The number of anilines is 1. The van der Waals surface area contributed by atoms with Crippen molar-refractivity contribution in [1.29, 1.82) is 0 Å². The van der Waals surface area contributed by atoms with E-state index in [0.29, 0.717) is 52.3 Å². The number of hydrogen-bond acceptors (Lipinski definition) is 7. The van der Waals surface area contributed by atoms with Gasteiger partial charge in [-0.3, -0.25) is 14.5 Å². The summed E-state index contributed by atoms with van der Waals surface area (Å²) in [5, 5.41) is 0.959. The molecule has 2 aromatic carbocycles. The maximum Gasteiger partial charge on any atom is 0.297 e. The third kappa shape index (κ3) is 4.50. The summed E-state index contributed by atoms with van der Waals surface area (Å²) in [4.78, 5) is 34.8. The van der Waals surface area contributed by atoms with E-state index in [0.717, 1.165) is 22.6 Å². The first kappa shape index (κ1) is 25.0. The Balaban J connectivity index is 1.68. The molecule has 7 nitrogen and oxygen atoms in total. The average molecular weight is 519 g/mol. The van der Waals surface area contributed by atoms with E-state index in [1.807, 2.05) is 39.0 Å². The van der Waals surface area contributed by atoms with Gasteiger partial charge in [-0.2, -0.15) is 0 Å². The van der Waals surface area contributed by atoms with Crippen LogP contribution >= 0.6 is 11.3 Å². The van der Waals surface area contributed by atoms with E-state index in [4.69, 9.17) is 13.9 Å². The fourth-order valence-electron chi connectivity index (χ4n) is 4.48. The van der Waals surface area contributed by atoms with Crippen LogP contribution < -0.4 is 19.8 Å². The number of nitrogens with zero attached hydrogens (tertiary/aromatic N) is 2. The Hall–Kier alpha value is -3.65. The number of carbonyl (C=O) groups excluding carboxylic acids is 1. The standard InChI is InChI=1S/C29H30N2O5S/c1-6-34-23-15-19(11-12-22(23)35-14-13-16(2)3)25-24-26(32)20-9-7-8-10-21(20)36-27(24)28(33)31(25)29-30-17(4)18(5)37-29/h7-12,15-16,25H,6,13-14H2,1-5H3/t25-/m1/s1. The molecule has 0 bridgehead atoms. The Kier molecular flexibility index (Phi) is 6.77. The summed E-state index contributed by atoms with van der Waals surface area (Å²) in [6.45, 7) is 11.1. The molecule has 3 heterocycles. The summed E-state index contributed by atoms with van der Waals surface area (Å²) >= 11 is 1.42. The molecule has 0 spiro atoms. The molecule has 0 radical (unpaired) electrons. The average Bonchev–Trinajstić information content (AvgIpc) is 3.35. The van der Waals surface area contributed by atoms with Crippen molar-refractivity contribution in [2.45, 2.75) is 47.1 Å². The fraction of sp³-hybridized carbons (Fsp3) is 0.345. The molecule has 0 fully saturated rings. The lowest BCUT2D eigenvalue weighted by Gasteiger charge is -2.23. The van der Waals surface area contributed by atoms with Gasteiger partial charge in [0.05, 0.1) is 35.9 Å². The number of aromatic nitrogens is 1. The molecule has 1 amide bonds. The first-order valence-electron chi connectivity index (χ1n) is 12.5. The zero-order valence-electron chi connectivity index (χ0n) is 21.7. The van der Waals surface area contributed by atoms with Crippen molar-refractivity contribution < 1.29 is 18.7 Å². The number of ether oxygens (including phenoxy) is 2. The number of aryl methyl sites for hydroxylation is 2. The van der Waals surface area contributed by atoms with E-state index < -0.39 is 6.04 Å². The lowest BCUT2D eigenvalue weighted by molar-refractivity contribution is 0.0971. The summed E-state index contributed by atoms with van der Waals surface area (Å²) < 4.78 is 18.0. The zero-order valence-corrected chi connectivity index (χ0v) is 22.5. The Labute approximate surface area is 219 Å². The molecular formula is C29H30N2O5S. The quantitative estimate of drug-likeness (QED) is 0.267. The van der Waals surface area contributed by atoms with Crippen LogP contribution in [-0.4, -0.2) is 24.1 Å². The van der Waals surface area contributed by atoms with Gasteiger partial charge in [0, 0.05) is 4.88 Å². The van der Waals surface area contributed by atoms with Gasteiger partial charge >= 0.3 is 0 Å². The normalized spacial score (nSPS) is 15.0. The largest absolute Gasteiger partial charge is 0.490 e. The molecular weight excluding hydrogens is 488 g/mol. The minimum Gasteiger partial charge on any atom is -0.490 e. The number of fused-ring (bicyclic) bond motifs is 2. The van der Waals surface area contributed by atoms with Gasteiger partial charge in [0.1, 0.15) is 5.58 Å². The minimum absolute atomic E-state index is 0.0504. The van der Waals surface area contributed by atoms with Crippen LogP contribution in [0.4, 0.5) is 5.13 Å². The van der Waals surface area contributed by atoms with Crippen LogP contribution in [0, 0.1) is 19.8 Å². The highest BCUT2D eigenvalue weighted by molar-refractivity contribution is 7.15. The lowest BCUT2D eigenvalue weighted by Crippen LogP contribution is -2.29. The molecule has 37 heavy (non-hydrogen) atoms. The van der Waals surface area contributed by atoms with Crippen LogP contribution in [-0.2, 0) is 0 Å². The van der Waals surface area contributed by atoms with Gasteiger partial charge in [-0.25, -0.2) is 4.98 Å². The highest BCUT2D eigenvalue weighted by atomic mass is 32.1. The van der Waals surface area contributed by atoms with Crippen molar-refractivity contribution >= 4 is 33.3 Å². The van der Waals surface area contributed by atoms with E-state index in [-0.39, 0.29) is 17.1 Å². The second kappa shape index (κ2) is 10.0. The monoisotopic (exact) mass is 518 g/mol. The summed E-state index contributed by atoms with van der Waals surface area (Å²) in [6.07, 6.45) is 0.919. The van der Waals surface area contributed by atoms with Crippen LogP contribution in [0.15, 0.2) is 51.7 Å². The first-order chi connectivity index (χ1) is 17.8. The summed E-state index contributed by atoms with van der Waals surface area (Å²) in [5.74, 6) is 1.39. The van der Waals surface area contributed by atoms with E-state index >= 15 is 0 Å². The predicted octanol–water partition coefficient (Wildman–Crippen LogP) is 6.44. The third-order valence-corrected chi connectivity index (χ3v) is 7.61. The minimum atomic E-state index is -0.711. The molecule has 0 unspecified atom stereocenters. The number of benzene rings is 2. The molecule has 1 aliphatic heterocycles. The number of para-hydroxylation sites is 1. The number of carbonyl (C=O) groups is 1. The van der Waals surface area contributed by atoms with Crippen LogP contribution in [0.2, 0.25) is 0 Å². The topological polar surface area (TPSA) is 81.9 Å².